The van der Waals surface area contributed by atoms with E-state index in [0.717, 1.165) is 38.0 Å². The minimum absolute atomic E-state index is 0.0171. The Labute approximate surface area is 106 Å². The van der Waals surface area contributed by atoms with Crippen LogP contribution in [-0.4, -0.2) is 43.2 Å². The van der Waals surface area contributed by atoms with Crippen molar-refractivity contribution in [3.05, 3.63) is 0 Å². The molecule has 4 unspecified atom stereocenters. The van der Waals surface area contributed by atoms with Crippen LogP contribution in [0.1, 0.15) is 25.7 Å². The van der Waals surface area contributed by atoms with E-state index in [1.807, 2.05) is 0 Å². The van der Waals surface area contributed by atoms with Gasteiger partial charge in [-0.15, -0.1) is 0 Å². The van der Waals surface area contributed by atoms with Crippen molar-refractivity contribution in [2.45, 2.75) is 44.0 Å². The standard InChI is InChI=1S/C12H18O4S/c13-11-12(2-4-15-11)7-9-8(6-10(12)16-9)14-3-1-5-17/h8-10,17H,1-7H2. The van der Waals surface area contributed by atoms with Gasteiger partial charge in [0.2, 0.25) is 0 Å². The minimum atomic E-state index is -0.339. The zero-order valence-electron chi connectivity index (χ0n) is 9.76. The Hall–Kier alpha value is -0.260. The SMILES string of the molecule is O=C1OCCC12CC1OC2CC1OCCCS. The molecule has 0 aromatic heterocycles. The molecule has 0 N–H and O–H groups in total. The predicted molar refractivity (Wildman–Crippen MR) is 64.1 cm³/mol. The average Bonchev–Trinajstić information content (AvgIpc) is 2.96. The molecule has 3 aliphatic heterocycles. The molecule has 0 amide bonds. The molecule has 4 atom stereocenters. The maximum Gasteiger partial charge on any atom is 0.314 e. The monoisotopic (exact) mass is 258 g/mol. The van der Waals surface area contributed by atoms with E-state index in [9.17, 15) is 4.79 Å². The summed E-state index contributed by atoms with van der Waals surface area (Å²) in [5, 5.41) is 0. The van der Waals surface area contributed by atoms with Crippen LogP contribution in [0.25, 0.3) is 0 Å². The summed E-state index contributed by atoms with van der Waals surface area (Å²) in [4.78, 5) is 11.8. The molecule has 4 nitrogen and oxygen atoms in total. The number of hydrogen-bond donors (Lipinski definition) is 1. The van der Waals surface area contributed by atoms with Crippen LogP contribution in [-0.2, 0) is 19.0 Å². The van der Waals surface area contributed by atoms with E-state index in [0.29, 0.717) is 6.61 Å². The zero-order chi connectivity index (χ0) is 11.9. The molecule has 3 heterocycles. The third-order valence-electron chi connectivity index (χ3n) is 4.20. The van der Waals surface area contributed by atoms with E-state index >= 15 is 0 Å². The summed E-state index contributed by atoms with van der Waals surface area (Å²) in [6.07, 6.45) is 3.67. The second-order valence-electron chi connectivity index (χ2n) is 5.13. The van der Waals surface area contributed by atoms with Gasteiger partial charge in [0.1, 0.15) is 0 Å². The summed E-state index contributed by atoms with van der Waals surface area (Å²) in [6, 6.07) is 0. The highest BCUT2D eigenvalue weighted by atomic mass is 32.1. The summed E-state index contributed by atoms with van der Waals surface area (Å²) in [5.74, 6) is 0.789. The Balaban J connectivity index is 1.60. The number of esters is 1. The van der Waals surface area contributed by atoms with Gasteiger partial charge in [-0.2, -0.15) is 12.6 Å². The van der Waals surface area contributed by atoms with Gasteiger partial charge in [0.15, 0.2) is 0 Å². The number of ether oxygens (including phenoxy) is 3. The lowest BCUT2D eigenvalue weighted by Gasteiger charge is -2.29. The Morgan fingerprint density at radius 3 is 3.00 bits per heavy atom. The van der Waals surface area contributed by atoms with Crippen LogP contribution < -0.4 is 0 Å². The van der Waals surface area contributed by atoms with Gasteiger partial charge in [0, 0.05) is 19.4 Å². The fraction of sp³-hybridized carbons (Fsp3) is 0.917. The number of carbonyl (C=O) groups excluding carboxylic acids is 1. The zero-order valence-corrected chi connectivity index (χ0v) is 10.7. The fourth-order valence-corrected chi connectivity index (χ4v) is 3.40. The normalized spacial score (nSPS) is 43.6. The van der Waals surface area contributed by atoms with Crippen molar-refractivity contribution in [3.63, 3.8) is 0 Å². The molecule has 0 saturated carbocycles. The van der Waals surface area contributed by atoms with Gasteiger partial charge in [0.05, 0.1) is 30.3 Å². The summed E-state index contributed by atoms with van der Waals surface area (Å²) >= 11 is 4.16. The van der Waals surface area contributed by atoms with Crippen LogP contribution in [0.4, 0.5) is 0 Å². The van der Waals surface area contributed by atoms with E-state index in [1.165, 1.54) is 0 Å². The van der Waals surface area contributed by atoms with E-state index in [2.05, 4.69) is 12.6 Å². The fourth-order valence-electron chi connectivity index (χ4n) is 3.27. The first-order chi connectivity index (χ1) is 8.26. The lowest BCUT2D eigenvalue weighted by molar-refractivity contribution is -0.149. The van der Waals surface area contributed by atoms with Crippen molar-refractivity contribution in [1.29, 1.82) is 0 Å². The van der Waals surface area contributed by atoms with Crippen molar-refractivity contribution in [3.8, 4) is 0 Å². The lowest BCUT2D eigenvalue weighted by atomic mass is 9.72. The van der Waals surface area contributed by atoms with E-state index < -0.39 is 0 Å². The van der Waals surface area contributed by atoms with Crippen LogP contribution in [0, 0.1) is 5.41 Å². The van der Waals surface area contributed by atoms with Crippen molar-refractivity contribution in [2.75, 3.05) is 19.0 Å². The Morgan fingerprint density at radius 2 is 2.41 bits per heavy atom. The molecule has 3 aliphatic rings. The third-order valence-corrected chi connectivity index (χ3v) is 4.52. The van der Waals surface area contributed by atoms with Gasteiger partial charge in [-0.25, -0.2) is 0 Å². The van der Waals surface area contributed by atoms with Gasteiger partial charge < -0.3 is 14.2 Å². The van der Waals surface area contributed by atoms with Gasteiger partial charge in [-0.3, -0.25) is 4.79 Å². The molecule has 1 spiro atoms. The van der Waals surface area contributed by atoms with E-state index in [1.54, 1.807) is 0 Å². The quantitative estimate of drug-likeness (QED) is 0.467. The largest absolute Gasteiger partial charge is 0.465 e. The molecular weight excluding hydrogens is 240 g/mol. The van der Waals surface area contributed by atoms with Crippen molar-refractivity contribution in [2.24, 2.45) is 5.41 Å². The number of thiol groups is 1. The summed E-state index contributed by atoms with van der Waals surface area (Å²) in [7, 11) is 0. The number of carbonyl (C=O) groups is 1. The van der Waals surface area contributed by atoms with Crippen LogP contribution in [0.2, 0.25) is 0 Å². The minimum Gasteiger partial charge on any atom is -0.465 e. The second kappa shape index (κ2) is 4.44. The Bertz CT molecular complexity index is 322. The van der Waals surface area contributed by atoms with Crippen LogP contribution in [0.5, 0.6) is 0 Å². The molecule has 17 heavy (non-hydrogen) atoms. The van der Waals surface area contributed by atoms with Crippen LogP contribution in [0.15, 0.2) is 0 Å². The topological polar surface area (TPSA) is 44.8 Å². The van der Waals surface area contributed by atoms with Crippen molar-refractivity contribution in [1.82, 2.24) is 0 Å². The molecule has 0 aromatic rings. The molecule has 2 bridgehead atoms. The Kier molecular flexibility index (Phi) is 3.09. The molecule has 0 aromatic carbocycles. The van der Waals surface area contributed by atoms with Crippen LogP contribution >= 0.6 is 12.6 Å². The predicted octanol–water partition coefficient (Wildman–Crippen LogP) is 1.19. The summed E-state index contributed by atoms with van der Waals surface area (Å²) < 4.78 is 16.8. The number of cyclic esters (lactones) is 1. The molecule has 96 valence electrons. The maximum atomic E-state index is 11.8. The average molecular weight is 258 g/mol. The molecule has 3 fully saturated rings. The first-order valence-electron chi connectivity index (χ1n) is 6.31. The van der Waals surface area contributed by atoms with E-state index in [-0.39, 0.29) is 29.7 Å². The van der Waals surface area contributed by atoms with Gasteiger partial charge in [0.25, 0.3) is 0 Å². The number of hydrogen-bond acceptors (Lipinski definition) is 5. The summed E-state index contributed by atoms with van der Waals surface area (Å²) in [5.41, 5.74) is -0.339. The van der Waals surface area contributed by atoms with Gasteiger partial charge >= 0.3 is 5.97 Å². The van der Waals surface area contributed by atoms with E-state index in [4.69, 9.17) is 14.2 Å². The van der Waals surface area contributed by atoms with Gasteiger partial charge in [-0.05, 0) is 18.6 Å². The van der Waals surface area contributed by atoms with Gasteiger partial charge in [-0.1, -0.05) is 0 Å². The molecule has 0 radical (unpaired) electrons. The third kappa shape index (κ3) is 1.79. The molecule has 0 aliphatic carbocycles. The van der Waals surface area contributed by atoms with Crippen molar-refractivity contribution < 1.29 is 19.0 Å². The summed E-state index contributed by atoms with van der Waals surface area (Å²) in [6.45, 7) is 1.29. The molecule has 3 rings (SSSR count). The first-order valence-corrected chi connectivity index (χ1v) is 6.95. The molecule has 3 saturated heterocycles. The smallest absolute Gasteiger partial charge is 0.314 e. The molecular formula is C12H18O4S. The second-order valence-corrected chi connectivity index (χ2v) is 5.58. The number of rotatable bonds is 4. The van der Waals surface area contributed by atoms with Crippen LogP contribution in [0.3, 0.4) is 0 Å². The number of fused-ring (bicyclic) bond motifs is 3. The Morgan fingerprint density at radius 1 is 1.53 bits per heavy atom. The van der Waals surface area contributed by atoms with Crippen molar-refractivity contribution >= 4 is 18.6 Å². The highest BCUT2D eigenvalue weighted by Crippen LogP contribution is 2.53. The lowest BCUT2D eigenvalue weighted by Crippen LogP contribution is -2.41. The maximum absolute atomic E-state index is 11.8. The highest BCUT2D eigenvalue weighted by molar-refractivity contribution is 7.80. The highest BCUT2D eigenvalue weighted by Gasteiger charge is 2.63. The first kappa shape index (κ1) is 11.8. The molecule has 5 heteroatoms.